The monoisotopic (exact) mass is 248 g/mol. The number of fused-ring (bicyclic) bond motifs is 3. The fourth-order valence-electron chi connectivity index (χ4n) is 3.20. The maximum absolute atomic E-state index is 9.96. The van der Waals surface area contributed by atoms with Gasteiger partial charge in [-0.05, 0) is 39.7 Å². The van der Waals surface area contributed by atoms with E-state index < -0.39 is 0 Å². The molecule has 0 unspecified atom stereocenters. The first kappa shape index (κ1) is 11.8. The van der Waals surface area contributed by atoms with Gasteiger partial charge in [-0.25, -0.2) is 0 Å². The molecular formula is C15H20O3. The SMILES string of the molecule is C[C@@H]1CC[C@H]2[C@@H](O1)c1cccc(O)c1OC2(C)C. The van der Waals surface area contributed by atoms with Crippen molar-refractivity contribution in [2.75, 3.05) is 0 Å². The van der Waals surface area contributed by atoms with Gasteiger partial charge in [0.25, 0.3) is 0 Å². The summed E-state index contributed by atoms with van der Waals surface area (Å²) in [6.45, 7) is 6.28. The van der Waals surface area contributed by atoms with E-state index in [4.69, 9.17) is 9.47 Å². The van der Waals surface area contributed by atoms with Gasteiger partial charge >= 0.3 is 0 Å². The maximum Gasteiger partial charge on any atom is 0.167 e. The molecule has 0 aromatic heterocycles. The lowest BCUT2D eigenvalue weighted by Crippen LogP contribution is -2.48. The summed E-state index contributed by atoms with van der Waals surface area (Å²) in [5.74, 6) is 1.15. The third-order valence-corrected chi connectivity index (χ3v) is 4.22. The number of phenolic OH excluding ortho intramolecular Hbond substituents is 1. The first-order valence-corrected chi connectivity index (χ1v) is 6.65. The molecule has 0 radical (unpaired) electrons. The van der Waals surface area contributed by atoms with Crippen LogP contribution in [0.25, 0.3) is 0 Å². The Morgan fingerprint density at radius 1 is 1.28 bits per heavy atom. The van der Waals surface area contributed by atoms with Crippen LogP contribution in [0.2, 0.25) is 0 Å². The normalized spacial score (nSPS) is 33.2. The molecule has 3 nitrogen and oxygen atoms in total. The highest BCUT2D eigenvalue weighted by molar-refractivity contribution is 5.49. The van der Waals surface area contributed by atoms with E-state index >= 15 is 0 Å². The van der Waals surface area contributed by atoms with Crippen LogP contribution < -0.4 is 4.74 Å². The number of phenols is 1. The molecule has 1 aromatic carbocycles. The highest BCUT2D eigenvalue weighted by Gasteiger charge is 2.47. The van der Waals surface area contributed by atoms with Gasteiger partial charge in [-0.2, -0.15) is 0 Å². The molecule has 2 aliphatic heterocycles. The zero-order valence-corrected chi connectivity index (χ0v) is 11.1. The largest absolute Gasteiger partial charge is 0.504 e. The van der Waals surface area contributed by atoms with Crippen molar-refractivity contribution in [3.8, 4) is 11.5 Å². The summed E-state index contributed by atoms with van der Waals surface area (Å²) >= 11 is 0. The average Bonchev–Trinajstić information content (AvgIpc) is 2.30. The predicted molar refractivity (Wildman–Crippen MR) is 68.8 cm³/mol. The molecule has 2 heterocycles. The molecule has 0 aliphatic carbocycles. The lowest BCUT2D eigenvalue weighted by atomic mass is 9.75. The molecule has 1 fully saturated rings. The van der Waals surface area contributed by atoms with E-state index in [0.29, 0.717) is 11.7 Å². The van der Waals surface area contributed by atoms with Crippen LogP contribution in [0.4, 0.5) is 0 Å². The molecule has 1 saturated heterocycles. The van der Waals surface area contributed by atoms with E-state index in [2.05, 4.69) is 20.8 Å². The molecular weight excluding hydrogens is 228 g/mol. The summed E-state index contributed by atoms with van der Waals surface area (Å²) in [5, 5.41) is 9.96. The molecule has 3 rings (SSSR count). The number of benzene rings is 1. The Balaban J connectivity index is 2.09. The molecule has 0 amide bonds. The zero-order valence-electron chi connectivity index (χ0n) is 11.1. The van der Waals surface area contributed by atoms with E-state index in [-0.39, 0.29) is 23.6 Å². The first-order chi connectivity index (χ1) is 8.49. The van der Waals surface area contributed by atoms with Gasteiger partial charge < -0.3 is 14.6 Å². The van der Waals surface area contributed by atoms with Gasteiger partial charge in [-0.15, -0.1) is 0 Å². The Hall–Kier alpha value is -1.22. The second-order valence-electron chi connectivity index (χ2n) is 5.95. The van der Waals surface area contributed by atoms with Crippen molar-refractivity contribution in [3.63, 3.8) is 0 Å². The highest BCUT2D eigenvalue weighted by atomic mass is 16.5. The number of hydrogen-bond acceptors (Lipinski definition) is 3. The minimum Gasteiger partial charge on any atom is -0.504 e. The van der Waals surface area contributed by atoms with E-state index in [1.165, 1.54) is 0 Å². The fourth-order valence-corrected chi connectivity index (χ4v) is 3.20. The molecule has 0 spiro atoms. The molecule has 18 heavy (non-hydrogen) atoms. The number of para-hydroxylation sites is 1. The number of ether oxygens (including phenoxy) is 2. The van der Waals surface area contributed by atoms with Crippen molar-refractivity contribution < 1.29 is 14.6 Å². The van der Waals surface area contributed by atoms with Crippen molar-refractivity contribution in [2.24, 2.45) is 5.92 Å². The van der Waals surface area contributed by atoms with E-state index in [9.17, 15) is 5.11 Å². The Bertz CT molecular complexity index is 467. The highest BCUT2D eigenvalue weighted by Crippen LogP contribution is 2.52. The summed E-state index contributed by atoms with van der Waals surface area (Å²) in [7, 11) is 0. The number of aromatic hydroxyl groups is 1. The number of hydrogen-bond donors (Lipinski definition) is 1. The third-order valence-electron chi connectivity index (χ3n) is 4.22. The average molecular weight is 248 g/mol. The molecule has 1 aromatic rings. The summed E-state index contributed by atoms with van der Waals surface area (Å²) in [6.07, 6.45) is 2.49. The van der Waals surface area contributed by atoms with Crippen molar-refractivity contribution in [3.05, 3.63) is 23.8 Å². The van der Waals surface area contributed by atoms with Crippen molar-refractivity contribution >= 4 is 0 Å². The number of rotatable bonds is 0. The molecule has 0 bridgehead atoms. The standard InChI is InChI=1S/C15H20O3/c1-9-7-8-11-13(17-9)10-5-4-6-12(16)14(10)18-15(11,2)3/h4-6,9,11,13,16H,7-8H2,1-3H3/t9-,11+,13+/m1/s1. The van der Waals surface area contributed by atoms with Gasteiger partial charge in [0, 0.05) is 11.5 Å². The van der Waals surface area contributed by atoms with Gasteiger partial charge in [-0.3, -0.25) is 0 Å². The molecule has 0 saturated carbocycles. The van der Waals surface area contributed by atoms with Crippen LogP contribution in [0, 0.1) is 5.92 Å². The molecule has 1 N–H and O–H groups in total. The van der Waals surface area contributed by atoms with Crippen molar-refractivity contribution in [2.45, 2.75) is 51.4 Å². The predicted octanol–water partition coefficient (Wildman–Crippen LogP) is 3.42. The fraction of sp³-hybridized carbons (Fsp3) is 0.600. The van der Waals surface area contributed by atoms with Crippen LogP contribution in [0.15, 0.2) is 18.2 Å². The summed E-state index contributed by atoms with van der Waals surface area (Å²) < 4.78 is 12.1. The van der Waals surface area contributed by atoms with E-state index in [0.717, 1.165) is 18.4 Å². The van der Waals surface area contributed by atoms with Gasteiger partial charge in [0.05, 0.1) is 12.2 Å². The minimum absolute atomic E-state index is 0.0413. The van der Waals surface area contributed by atoms with Crippen LogP contribution in [0.1, 0.15) is 45.3 Å². The van der Waals surface area contributed by atoms with E-state index in [1.807, 2.05) is 12.1 Å². The maximum atomic E-state index is 9.96. The Morgan fingerprint density at radius 3 is 2.83 bits per heavy atom. The van der Waals surface area contributed by atoms with Crippen LogP contribution in [-0.2, 0) is 4.74 Å². The third kappa shape index (κ3) is 1.69. The van der Waals surface area contributed by atoms with Crippen LogP contribution in [0.5, 0.6) is 11.5 Å². The first-order valence-electron chi connectivity index (χ1n) is 6.65. The molecule has 98 valence electrons. The Labute approximate surface area is 108 Å². The molecule has 2 aliphatic rings. The van der Waals surface area contributed by atoms with Crippen molar-refractivity contribution in [1.82, 2.24) is 0 Å². The minimum atomic E-state index is -0.295. The summed E-state index contributed by atoms with van der Waals surface area (Å²) in [6, 6.07) is 5.52. The van der Waals surface area contributed by atoms with Crippen LogP contribution in [0.3, 0.4) is 0 Å². The lowest BCUT2D eigenvalue weighted by molar-refractivity contribution is -0.145. The van der Waals surface area contributed by atoms with E-state index in [1.54, 1.807) is 6.07 Å². The second-order valence-corrected chi connectivity index (χ2v) is 5.95. The Kier molecular flexibility index (Phi) is 2.56. The quantitative estimate of drug-likeness (QED) is 0.764. The smallest absolute Gasteiger partial charge is 0.167 e. The second kappa shape index (κ2) is 3.89. The van der Waals surface area contributed by atoms with Gasteiger partial charge in [-0.1, -0.05) is 12.1 Å². The van der Waals surface area contributed by atoms with Crippen molar-refractivity contribution in [1.29, 1.82) is 0 Å². The topological polar surface area (TPSA) is 38.7 Å². The lowest BCUT2D eigenvalue weighted by Gasteiger charge is -2.48. The molecule has 3 heteroatoms. The van der Waals surface area contributed by atoms with Gasteiger partial charge in [0.2, 0.25) is 0 Å². The zero-order chi connectivity index (χ0) is 12.9. The van der Waals surface area contributed by atoms with Gasteiger partial charge in [0.15, 0.2) is 11.5 Å². The Morgan fingerprint density at radius 2 is 2.06 bits per heavy atom. The molecule has 3 atom stereocenters. The summed E-state index contributed by atoms with van der Waals surface area (Å²) in [4.78, 5) is 0. The van der Waals surface area contributed by atoms with Gasteiger partial charge in [0.1, 0.15) is 5.60 Å². The van der Waals surface area contributed by atoms with Crippen LogP contribution in [-0.4, -0.2) is 16.8 Å². The van der Waals surface area contributed by atoms with Crippen LogP contribution >= 0.6 is 0 Å². The summed E-state index contributed by atoms with van der Waals surface area (Å²) in [5.41, 5.74) is 0.697.